The molecule has 2 aromatic carbocycles. The van der Waals surface area contributed by atoms with Crippen LogP contribution in [0.3, 0.4) is 0 Å². The number of ether oxygens (including phenoxy) is 12. The molecular formula is C55H68Br2O16. The van der Waals surface area contributed by atoms with Crippen LogP contribution in [0.5, 0.6) is 0 Å². The van der Waals surface area contributed by atoms with Crippen LogP contribution in [0.2, 0.25) is 0 Å². The Labute approximate surface area is 443 Å². The van der Waals surface area contributed by atoms with Gasteiger partial charge in [-0.3, -0.25) is 0 Å². The summed E-state index contributed by atoms with van der Waals surface area (Å²) in [6.45, 7) is 7.99. The molecular weight excluding hydrogens is 1080 g/mol. The van der Waals surface area contributed by atoms with Gasteiger partial charge in [-0.25, -0.2) is 9.59 Å². The van der Waals surface area contributed by atoms with E-state index in [2.05, 4.69) is 45.0 Å². The zero-order valence-electron chi connectivity index (χ0n) is 40.1. The standard InChI is InChI=1S/C27H33BrO8.C27H31BrO8.CH4/c2*1-15(28)13-18(32-26(30)16-5-3-2-4-6-16)9-11-27-14-20-22(35-27)23-24(34-20)25(36-27)21-19(33-23)8-7-17(31-21)10-12-29;/h2-6,17-25,29H,1,7-14H2;2-6,12,17-25H,1,7-11,13-14H2;1H4/t2*17-,18-,19+,20-,21+,22?,23+,24-,25?,27+;/m11./s1. The zero-order valence-corrected chi connectivity index (χ0v) is 43.3. The van der Waals surface area contributed by atoms with Gasteiger partial charge in [-0.1, -0.05) is 88.8 Å². The molecule has 0 saturated carbocycles. The summed E-state index contributed by atoms with van der Waals surface area (Å²) in [5, 5.41) is 9.42. The first-order chi connectivity index (χ1) is 34.9. The smallest absolute Gasteiger partial charge is 0.338 e. The fourth-order valence-corrected chi connectivity index (χ4v) is 13.6. The minimum absolute atomic E-state index is 0. The van der Waals surface area contributed by atoms with Gasteiger partial charge in [-0.15, -0.1) is 0 Å². The van der Waals surface area contributed by atoms with Gasteiger partial charge in [0.15, 0.2) is 11.6 Å². The second-order valence-electron chi connectivity index (χ2n) is 20.9. The van der Waals surface area contributed by atoms with E-state index in [0.717, 1.165) is 40.9 Å². The van der Waals surface area contributed by atoms with Crippen LogP contribution in [0.25, 0.3) is 0 Å². The molecule has 12 fully saturated rings. The molecule has 12 aliphatic heterocycles. The van der Waals surface area contributed by atoms with Gasteiger partial charge in [0.1, 0.15) is 79.5 Å². The van der Waals surface area contributed by atoms with Crippen molar-refractivity contribution in [1.29, 1.82) is 0 Å². The molecule has 14 rings (SSSR count). The zero-order chi connectivity index (χ0) is 49.7. The number of aldehydes is 1. The molecule has 0 radical (unpaired) electrons. The van der Waals surface area contributed by atoms with Crippen molar-refractivity contribution >= 4 is 50.1 Å². The number of benzene rings is 2. The molecule has 12 saturated heterocycles. The van der Waals surface area contributed by atoms with Crippen molar-refractivity contribution in [2.24, 2.45) is 0 Å². The van der Waals surface area contributed by atoms with E-state index in [1.807, 2.05) is 36.4 Å². The number of hydrogen-bond donors (Lipinski definition) is 1. The van der Waals surface area contributed by atoms with Gasteiger partial charge in [0.2, 0.25) is 0 Å². The molecule has 398 valence electrons. The number of esters is 2. The number of carbonyl (C=O) groups is 3. The molecule has 0 aliphatic carbocycles. The van der Waals surface area contributed by atoms with Crippen molar-refractivity contribution in [3.63, 3.8) is 0 Å². The summed E-state index contributed by atoms with van der Waals surface area (Å²) in [4.78, 5) is 36.6. The molecule has 20 atom stereocenters. The lowest BCUT2D eigenvalue weighted by Crippen LogP contribution is -2.61. The van der Waals surface area contributed by atoms with Gasteiger partial charge in [0, 0.05) is 51.6 Å². The van der Waals surface area contributed by atoms with E-state index in [4.69, 9.17) is 56.8 Å². The van der Waals surface area contributed by atoms with Crippen LogP contribution in [0.1, 0.15) is 118 Å². The maximum absolute atomic E-state index is 12.7. The largest absolute Gasteiger partial charge is 0.458 e. The van der Waals surface area contributed by atoms with E-state index < -0.39 is 17.7 Å². The molecule has 0 aromatic heterocycles. The van der Waals surface area contributed by atoms with Crippen molar-refractivity contribution in [2.75, 3.05) is 6.61 Å². The number of aliphatic hydroxyl groups excluding tert-OH is 1. The summed E-state index contributed by atoms with van der Waals surface area (Å²) in [7, 11) is 0. The number of hydrogen-bond acceptors (Lipinski definition) is 16. The summed E-state index contributed by atoms with van der Waals surface area (Å²) >= 11 is 6.85. The summed E-state index contributed by atoms with van der Waals surface area (Å²) in [6, 6.07) is 18.0. The topological polar surface area (TPSA) is 182 Å². The van der Waals surface area contributed by atoms with E-state index in [1.165, 1.54) is 0 Å². The summed E-state index contributed by atoms with van der Waals surface area (Å²) in [6.07, 6.45) is 5.85. The van der Waals surface area contributed by atoms with E-state index in [9.17, 15) is 19.5 Å². The highest BCUT2D eigenvalue weighted by molar-refractivity contribution is 9.12. The maximum atomic E-state index is 12.7. The lowest BCUT2D eigenvalue weighted by Gasteiger charge is -2.47. The molecule has 16 nitrogen and oxygen atoms in total. The van der Waals surface area contributed by atoms with Gasteiger partial charge < -0.3 is 66.7 Å². The van der Waals surface area contributed by atoms with Crippen LogP contribution >= 0.6 is 31.9 Å². The second-order valence-corrected chi connectivity index (χ2v) is 23.2. The third-order valence-corrected chi connectivity index (χ3v) is 16.7. The predicted octanol–water partition coefficient (Wildman–Crippen LogP) is 8.12. The molecule has 2 aromatic rings. The molecule has 73 heavy (non-hydrogen) atoms. The third kappa shape index (κ3) is 11.1. The fraction of sp³-hybridized carbons (Fsp3) is 0.655. The van der Waals surface area contributed by atoms with Gasteiger partial charge in [0.25, 0.3) is 0 Å². The van der Waals surface area contributed by atoms with E-state index in [1.54, 1.807) is 24.3 Å². The first-order valence-electron chi connectivity index (χ1n) is 25.8. The minimum atomic E-state index is -0.867. The van der Waals surface area contributed by atoms with Crippen LogP contribution in [0.4, 0.5) is 0 Å². The van der Waals surface area contributed by atoms with E-state index in [-0.39, 0.29) is 130 Å². The quantitative estimate of drug-likeness (QED) is 0.112. The minimum Gasteiger partial charge on any atom is -0.458 e. The Morgan fingerprint density at radius 1 is 0.589 bits per heavy atom. The average Bonchev–Trinajstić information content (AvgIpc) is 4.00. The molecule has 12 heterocycles. The van der Waals surface area contributed by atoms with Gasteiger partial charge in [-0.2, -0.15) is 0 Å². The Morgan fingerprint density at radius 2 is 1.00 bits per heavy atom. The summed E-state index contributed by atoms with van der Waals surface area (Å²) < 4.78 is 78.3. The van der Waals surface area contributed by atoms with Crippen LogP contribution in [0.15, 0.2) is 82.8 Å². The van der Waals surface area contributed by atoms with Crippen LogP contribution in [0, 0.1) is 0 Å². The Bertz CT molecular complexity index is 2290. The lowest BCUT2D eigenvalue weighted by molar-refractivity contribution is -0.293. The normalized spacial score (nSPS) is 40.3. The molecule has 12 bridgehead atoms. The van der Waals surface area contributed by atoms with Gasteiger partial charge in [0.05, 0.1) is 47.8 Å². The SMILES string of the molecule is C.C=C(Br)C[C@@H](CC[C@@]12C[C@H]3O[C@H]4C(O1)[C@H]1O[C@@H](CC=O)CC[C@@H]1O[C@H]4C3O2)OC(=O)c1ccccc1.C=C(Br)C[C@@H](CC[C@@]12C[C@H]3O[C@H]4C(O1)[C@H]1O[C@@H](CCO)CC[C@@H]1O[C@H]4C3O2)OC(=O)c1ccccc1. The number of carbonyl (C=O) groups excluding carboxylic acids is 3. The van der Waals surface area contributed by atoms with Crippen molar-refractivity contribution in [3.05, 3.63) is 93.9 Å². The molecule has 4 unspecified atom stereocenters. The first kappa shape index (κ1) is 53.4. The number of halogens is 2. The van der Waals surface area contributed by atoms with E-state index in [0.29, 0.717) is 75.3 Å². The monoisotopic (exact) mass is 1140 g/mol. The first-order valence-corrected chi connectivity index (χ1v) is 27.3. The number of fused-ring (bicyclic) bond motifs is 2. The summed E-state index contributed by atoms with van der Waals surface area (Å²) in [5.74, 6) is -2.44. The number of rotatable bonds is 18. The molecule has 18 heteroatoms. The Balaban J connectivity index is 0.000000165. The fourth-order valence-electron chi connectivity index (χ4n) is 12.8. The van der Waals surface area contributed by atoms with Crippen LogP contribution in [-0.4, -0.2) is 151 Å². The predicted molar refractivity (Wildman–Crippen MR) is 269 cm³/mol. The average molecular weight is 1140 g/mol. The van der Waals surface area contributed by atoms with Crippen molar-refractivity contribution in [2.45, 2.75) is 219 Å². The highest BCUT2D eigenvalue weighted by Crippen LogP contribution is 2.56. The van der Waals surface area contributed by atoms with Gasteiger partial charge >= 0.3 is 11.9 Å². The molecule has 0 amide bonds. The third-order valence-electron chi connectivity index (χ3n) is 16.0. The lowest BCUT2D eigenvalue weighted by atomic mass is 9.87. The van der Waals surface area contributed by atoms with E-state index >= 15 is 0 Å². The highest BCUT2D eigenvalue weighted by atomic mass is 79.9. The maximum Gasteiger partial charge on any atom is 0.338 e. The summed E-state index contributed by atoms with van der Waals surface area (Å²) in [5.41, 5.74) is 1.02. The van der Waals surface area contributed by atoms with Crippen molar-refractivity contribution < 1.29 is 76.3 Å². The van der Waals surface area contributed by atoms with Crippen molar-refractivity contribution in [3.8, 4) is 0 Å². The second kappa shape index (κ2) is 22.6. The molecule has 0 spiro atoms. The Morgan fingerprint density at radius 3 is 1.44 bits per heavy atom. The molecule has 12 aliphatic rings. The Kier molecular flexibility index (Phi) is 16.5. The van der Waals surface area contributed by atoms with Crippen LogP contribution in [-0.2, 0) is 61.6 Å². The van der Waals surface area contributed by atoms with Crippen LogP contribution < -0.4 is 0 Å². The molecule has 1 N–H and O–H groups in total. The van der Waals surface area contributed by atoms with Gasteiger partial charge in [-0.05, 0) is 78.2 Å². The highest BCUT2D eigenvalue weighted by Gasteiger charge is 2.70. The van der Waals surface area contributed by atoms with Crippen molar-refractivity contribution in [1.82, 2.24) is 0 Å². The number of aliphatic hydroxyl groups is 1. The Hall–Kier alpha value is -2.95.